The van der Waals surface area contributed by atoms with Gasteiger partial charge in [-0.15, -0.1) is 0 Å². The van der Waals surface area contributed by atoms with Gasteiger partial charge in [0.05, 0.1) is 19.3 Å². The van der Waals surface area contributed by atoms with Crippen LogP contribution in [-0.4, -0.2) is 47.7 Å². The summed E-state index contributed by atoms with van der Waals surface area (Å²) in [6.07, 6.45) is 5.44. The topological polar surface area (TPSA) is 88.2 Å². The van der Waals surface area contributed by atoms with E-state index >= 15 is 0 Å². The van der Waals surface area contributed by atoms with E-state index in [0.717, 1.165) is 25.7 Å². The van der Waals surface area contributed by atoms with Gasteiger partial charge >= 0.3 is 0 Å². The predicted molar refractivity (Wildman–Crippen MR) is 75.5 cm³/mol. The first-order valence-corrected chi connectivity index (χ1v) is 7.48. The average molecular weight is 283 g/mol. The summed E-state index contributed by atoms with van der Waals surface area (Å²) in [4.78, 5) is 14.9. The molecule has 2 rings (SSSR count). The van der Waals surface area contributed by atoms with Crippen LogP contribution in [0.5, 0.6) is 0 Å². The number of morpholine rings is 1. The third-order valence-electron chi connectivity index (χ3n) is 4.59. The van der Waals surface area contributed by atoms with Crippen molar-refractivity contribution in [1.29, 1.82) is 0 Å². The Bertz CT molecular complexity index is 376. The zero-order chi connectivity index (χ0) is 14.6. The van der Waals surface area contributed by atoms with E-state index in [-0.39, 0.29) is 17.8 Å². The molecule has 6 nitrogen and oxygen atoms in total. The van der Waals surface area contributed by atoms with E-state index in [1.54, 1.807) is 0 Å². The molecule has 1 atom stereocenters. The van der Waals surface area contributed by atoms with Crippen LogP contribution in [0.25, 0.3) is 0 Å². The maximum Gasteiger partial charge on any atom is 0.236 e. The summed E-state index contributed by atoms with van der Waals surface area (Å²) < 4.78 is 5.39. The van der Waals surface area contributed by atoms with Crippen molar-refractivity contribution in [3.8, 4) is 0 Å². The van der Waals surface area contributed by atoms with Crippen molar-refractivity contribution in [3.63, 3.8) is 0 Å². The monoisotopic (exact) mass is 283 g/mol. The Balaban J connectivity index is 2.27. The molecule has 0 spiro atoms. The van der Waals surface area contributed by atoms with Gasteiger partial charge < -0.3 is 20.6 Å². The zero-order valence-electron chi connectivity index (χ0n) is 12.2. The highest BCUT2D eigenvalue weighted by Gasteiger charge is 2.46. The molecule has 2 aliphatic rings. The fraction of sp³-hybridized carbons (Fsp3) is 0.857. The maximum absolute atomic E-state index is 13.0. The third kappa shape index (κ3) is 2.75. The maximum atomic E-state index is 13.0. The highest BCUT2D eigenvalue weighted by molar-refractivity contribution is 6.06. The summed E-state index contributed by atoms with van der Waals surface area (Å²) in [6, 6.07) is 0.0443. The van der Waals surface area contributed by atoms with Crippen LogP contribution in [0.3, 0.4) is 0 Å². The molecule has 0 bridgehead atoms. The fourth-order valence-corrected chi connectivity index (χ4v) is 3.31. The second-order valence-electron chi connectivity index (χ2n) is 5.90. The summed E-state index contributed by atoms with van der Waals surface area (Å²) in [7, 11) is 0. The molecule has 1 heterocycles. The van der Waals surface area contributed by atoms with Gasteiger partial charge in [0.2, 0.25) is 5.91 Å². The molecule has 114 valence electrons. The Morgan fingerprint density at radius 3 is 2.55 bits per heavy atom. The number of rotatable bonds is 2. The summed E-state index contributed by atoms with van der Waals surface area (Å²) in [5.41, 5.74) is 5.10. The van der Waals surface area contributed by atoms with Crippen molar-refractivity contribution < 1.29 is 14.7 Å². The van der Waals surface area contributed by atoms with E-state index in [4.69, 9.17) is 15.7 Å². The molecule has 20 heavy (non-hydrogen) atoms. The number of oxime groups is 1. The quantitative estimate of drug-likeness (QED) is 0.263. The van der Waals surface area contributed by atoms with Gasteiger partial charge in [0.1, 0.15) is 5.41 Å². The van der Waals surface area contributed by atoms with Crippen molar-refractivity contribution in [2.24, 2.45) is 16.3 Å². The lowest BCUT2D eigenvalue weighted by molar-refractivity contribution is -0.147. The van der Waals surface area contributed by atoms with Crippen LogP contribution in [0.15, 0.2) is 5.16 Å². The first-order chi connectivity index (χ1) is 9.62. The standard InChI is InChI=1S/C14H25N3O3/c1-11-10-20-9-8-17(11)13(18)14(12(15)16-19)6-4-2-3-5-7-14/h11,19H,2-10H2,1H3,(H2,15,16). The molecular formula is C14H25N3O3. The minimum absolute atomic E-state index is 0.00509. The molecule has 0 radical (unpaired) electrons. The molecule has 3 N–H and O–H groups in total. The van der Waals surface area contributed by atoms with E-state index in [9.17, 15) is 4.79 Å². The molecule has 2 fully saturated rings. The average Bonchev–Trinajstić information content (AvgIpc) is 2.73. The van der Waals surface area contributed by atoms with Gasteiger partial charge in [-0.1, -0.05) is 30.8 Å². The molecule has 1 saturated carbocycles. The molecule has 0 aromatic rings. The number of hydrogen-bond acceptors (Lipinski definition) is 4. The smallest absolute Gasteiger partial charge is 0.236 e. The largest absolute Gasteiger partial charge is 0.409 e. The fourth-order valence-electron chi connectivity index (χ4n) is 3.31. The van der Waals surface area contributed by atoms with Gasteiger partial charge in [0.15, 0.2) is 5.84 Å². The summed E-state index contributed by atoms with van der Waals surface area (Å²) in [5.74, 6) is 0.0774. The van der Waals surface area contributed by atoms with Crippen LogP contribution in [-0.2, 0) is 9.53 Å². The van der Waals surface area contributed by atoms with Gasteiger partial charge in [-0.2, -0.15) is 0 Å². The van der Waals surface area contributed by atoms with Crippen LogP contribution < -0.4 is 5.73 Å². The van der Waals surface area contributed by atoms with Gasteiger partial charge in [-0.25, -0.2) is 0 Å². The van der Waals surface area contributed by atoms with Crippen molar-refractivity contribution in [1.82, 2.24) is 4.90 Å². The summed E-state index contributed by atoms with van der Waals surface area (Å²) >= 11 is 0. The molecule has 1 aliphatic heterocycles. The Labute approximate surface area is 119 Å². The molecule has 1 amide bonds. The Hall–Kier alpha value is -1.30. The van der Waals surface area contributed by atoms with Crippen molar-refractivity contribution in [2.75, 3.05) is 19.8 Å². The first-order valence-electron chi connectivity index (χ1n) is 7.48. The number of nitrogens with two attached hydrogens (primary N) is 1. The van der Waals surface area contributed by atoms with Crippen LogP contribution in [0.1, 0.15) is 45.4 Å². The van der Waals surface area contributed by atoms with Crippen molar-refractivity contribution in [2.45, 2.75) is 51.5 Å². The van der Waals surface area contributed by atoms with E-state index < -0.39 is 5.41 Å². The minimum atomic E-state index is -0.823. The van der Waals surface area contributed by atoms with E-state index in [2.05, 4.69) is 5.16 Å². The number of carbonyl (C=O) groups is 1. The van der Waals surface area contributed by atoms with Crippen LogP contribution in [0, 0.1) is 5.41 Å². The highest BCUT2D eigenvalue weighted by atomic mass is 16.5. The number of hydrogen-bond donors (Lipinski definition) is 2. The molecule has 1 aliphatic carbocycles. The van der Waals surface area contributed by atoms with Crippen molar-refractivity contribution in [3.05, 3.63) is 0 Å². The highest BCUT2D eigenvalue weighted by Crippen LogP contribution is 2.38. The molecule has 6 heteroatoms. The Morgan fingerprint density at radius 2 is 2.00 bits per heavy atom. The number of ether oxygens (including phenoxy) is 1. The van der Waals surface area contributed by atoms with E-state index in [1.165, 1.54) is 0 Å². The summed E-state index contributed by atoms with van der Waals surface area (Å²) in [6.45, 7) is 3.68. The second-order valence-corrected chi connectivity index (χ2v) is 5.90. The number of amidine groups is 1. The minimum Gasteiger partial charge on any atom is -0.409 e. The molecule has 1 saturated heterocycles. The predicted octanol–water partition coefficient (Wildman–Crippen LogP) is 1.32. The lowest BCUT2D eigenvalue weighted by Crippen LogP contribution is -2.56. The van der Waals surface area contributed by atoms with Gasteiger partial charge in [-0.3, -0.25) is 4.79 Å². The van der Waals surface area contributed by atoms with Crippen LogP contribution in [0.4, 0.5) is 0 Å². The Kier molecular flexibility index (Phi) is 4.86. The molecule has 0 aromatic carbocycles. The number of carbonyl (C=O) groups excluding carboxylic acids is 1. The second kappa shape index (κ2) is 6.43. The third-order valence-corrected chi connectivity index (χ3v) is 4.59. The zero-order valence-corrected chi connectivity index (χ0v) is 12.2. The van der Waals surface area contributed by atoms with Crippen LogP contribution in [0.2, 0.25) is 0 Å². The molecule has 0 aromatic heterocycles. The van der Waals surface area contributed by atoms with Gasteiger partial charge in [-0.05, 0) is 19.8 Å². The Morgan fingerprint density at radius 1 is 1.35 bits per heavy atom. The normalized spacial score (nSPS) is 27.9. The SMILES string of the molecule is CC1COCCN1C(=O)C1(C(N)=NO)CCCCCC1. The van der Waals surface area contributed by atoms with Gasteiger partial charge in [0.25, 0.3) is 0 Å². The van der Waals surface area contributed by atoms with Crippen LogP contribution >= 0.6 is 0 Å². The molecular weight excluding hydrogens is 258 g/mol. The number of amides is 1. The van der Waals surface area contributed by atoms with Gasteiger partial charge in [0, 0.05) is 6.54 Å². The number of nitrogens with zero attached hydrogens (tertiary/aromatic N) is 2. The van der Waals surface area contributed by atoms with E-state index in [0.29, 0.717) is 32.6 Å². The lowest BCUT2D eigenvalue weighted by Gasteiger charge is -2.40. The summed E-state index contributed by atoms with van der Waals surface area (Å²) in [5, 5.41) is 12.3. The van der Waals surface area contributed by atoms with E-state index in [1.807, 2.05) is 11.8 Å². The lowest BCUT2D eigenvalue weighted by atomic mass is 9.77. The first kappa shape index (κ1) is 15.1. The van der Waals surface area contributed by atoms with Crippen molar-refractivity contribution >= 4 is 11.7 Å². The molecule has 1 unspecified atom stereocenters.